The second-order valence-electron chi connectivity index (χ2n) is 4.27. The number of benzene rings is 1. The van der Waals surface area contributed by atoms with Crippen LogP contribution in [-0.2, 0) is 17.7 Å². The van der Waals surface area contributed by atoms with Crippen LogP contribution >= 0.6 is 0 Å². The quantitative estimate of drug-likeness (QED) is 0.734. The van der Waals surface area contributed by atoms with Crippen LogP contribution in [0.3, 0.4) is 0 Å². The summed E-state index contributed by atoms with van der Waals surface area (Å²) in [4.78, 5) is 0. The minimum absolute atomic E-state index is 0.810. The summed E-state index contributed by atoms with van der Waals surface area (Å²) in [6.45, 7) is 6.46. The molecule has 1 heterocycles. The molecule has 0 bridgehead atoms. The van der Waals surface area contributed by atoms with Gasteiger partial charge in [-0.05, 0) is 37.1 Å². The monoisotopic (exact) mass is 235 g/mol. The fraction of sp³-hybridized carbons (Fsp3) is 0.571. The Balaban J connectivity index is 1.69. The van der Waals surface area contributed by atoms with E-state index in [0.717, 1.165) is 51.5 Å². The van der Waals surface area contributed by atoms with Crippen LogP contribution in [0.1, 0.15) is 24.5 Å². The summed E-state index contributed by atoms with van der Waals surface area (Å²) in [5.74, 6) is 1.06. The molecule has 94 valence electrons. The topological polar surface area (TPSA) is 30.5 Å². The first kappa shape index (κ1) is 12.4. The third kappa shape index (κ3) is 3.72. The van der Waals surface area contributed by atoms with Gasteiger partial charge in [0, 0.05) is 26.2 Å². The highest BCUT2D eigenvalue weighted by molar-refractivity contribution is 5.39. The van der Waals surface area contributed by atoms with Crippen molar-refractivity contribution in [2.24, 2.45) is 0 Å². The Morgan fingerprint density at radius 2 is 2.35 bits per heavy atom. The zero-order valence-corrected chi connectivity index (χ0v) is 10.5. The number of nitrogens with one attached hydrogen (secondary N) is 1. The van der Waals surface area contributed by atoms with Gasteiger partial charge >= 0.3 is 0 Å². The average Bonchev–Trinajstić information content (AvgIpc) is 2.81. The van der Waals surface area contributed by atoms with Gasteiger partial charge in [0.2, 0.25) is 0 Å². The van der Waals surface area contributed by atoms with Crippen LogP contribution < -0.4 is 10.1 Å². The van der Waals surface area contributed by atoms with Crippen molar-refractivity contribution in [3.63, 3.8) is 0 Å². The lowest BCUT2D eigenvalue weighted by Gasteiger charge is -2.06. The molecule has 17 heavy (non-hydrogen) atoms. The van der Waals surface area contributed by atoms with Crippen molar-refractivity contribution in [3.8, 4) is 5.75 Å². The maximum Gasteiger partial charge on any atom is 0.122 e. The lowest BCUT2D eigenvalue weighted by Crippen LogP contribution is -2.16. The van der Waals surface area contributed by atoms with E-state index in [1.54, 1.807) is 0 Å². The van der Waals surface area contributed by atoms with Gasteiger partial charge in [-0.25, -0.2) is 0 Å². The second kappa shape index (κ2) is 6.62. The van der Waals surface area contributed by atoms with Crippen molar-refractivity contribution in [3.05, 3.63) is 29.3 Å². The summed E-state index contributed by atoms with van der Waals surface area (Å²) in [7, 11) is 0. The summed E-state index contributed by atoms with van der Waals surface area (Å²) in [5, 5.41) is 3.43. The normalized spacial score (nSPS) is 13.5. The lowest BCUT2D eigenvalue weighted by atomic mass is 10.1. The molecule has 0 atom stereocenters. The maximum absolute atomic E-state index is 5.49. The summed E-state index contributed by atoms with van der Waals surface area (Å²) in [6, 6.07) is 6.47. The van der Waals surface area contributed by atoms with Gasteiger partial charge in [0.05, 0.1) is 6.61 Å². The zero-order valence-electron chi connectivity index (χ0n) is 10.5. The fourth-order valence-electron chi connectivity index (χ4n) is 2.03. The number of hydrogen-bond acceptors (Lipinski definition) is 3. The molecule has 0 fully saturated rings. The molecule has 0 aliphatic carbocycles. The summed E-state index contributed by atoms with van der Waals surface area (Å²) >= 11 is 0. The number of fused-ring (bicyclic) bond motifs is 1. The highest BCUT2D eigenvalue weighted by Gasteiger charge is 2.11. The molecule has 1 N–H and O–H groups in total. The predicted molar refractivity (Wildman–Crippen MR) is 68.5 cm³/mol. The third-order valence-corrected chi connectivity index (χ3v) is 2.93. The third-order valence-electron chi connectivity index (χ3n) is 2.93. The van der Waals surface area contributed by atoms with E-state index in [-0.39, 0.29) is 0 Å². The summed E-state index contributed by atoms with van der Waals surface area (Å²) < 4.78 is 10.8. The molecule has 0 radical (unpaired) electrons. The Kier molecular flexibility index (Phi) is 4.83. The van der Waals surface area contributed by atoms with E-state index in [4.69, 9.17) is 9.47 Å². The van der Waals surface area contributed by atoms with E-state index in [0.29, 0.717) is 0 Å². The fourth-order valence-corrected chi connectivity index (χ4v) is 2.03. The Morgan fingerprint density at radius 1 is 1.41 bits per heavy atom. The molecule has 1 aromatic rings. The Bertz CT molecular complexity index is 352. The first-order valence-corrected chi connectivity index (χ1v) is 6.43. The van der Waals surface area contributed by atoms with Gasteiger partial charge in [0.25, 0.3) is 0 Å². The highest BCUT2D eigenvalue weighted by Crippen LogP contribution is 2.25. The lowest BCUT2D eigenvalue weighted by molar-refractivity contribution is 0.144. The maximum atomic E-state index is 5.49. The molecule has 0 spiro atoms. The smallest absolute Gasteiger partial charge is 0.122 e. The molecule has 1 aliphatic rings. The molecule has 0 aromatic heterocycles. The van der Waals surface area contributed by atoms with Crippen molar-refractivity contribution >= 4 is 0 Å². The van der Waals surface area contributed by atoms with Gasteiger partial charge in [-0.1, -0.05) is 12.1 Å². The van der Waals surface area contributed by atoms with E-state index in [2.05, 4.69) is 23.5 Å². The Morgan fingerprint density at radius 3 is 3.24 bits per heavy atom. The standard InChI is InChI=1S/C14H21NO2/c1-2-16-8-3-7-15-11-12-4-5-14-13(10-12)6-9-17-14/h4-5,10,15H,2-3,6-9,11H2,1H3. The first-order chi connectivity index (χ1) is 8.40. The van der Waals surface area contributed by atoms with Gasteiger partial charge < -0.3 is 14.8 Å². The van der Waals surface area contributed by atoms with E-state index < -0.39 is 0 Å². The predicted octanol–water partition coefficient (Wildman–Crippen LogP) is 2.14. The van der Waals surface area contributed by atoms with Crippen LogP contribution in [0, 0.1) is 0 Å². The van der Waals surface area contributed by atoms with Gasteiger partial charge in [-0.3, -0.25) is 0 Å². The van der Waals surface area contributed by atoms with Crippen molar-refractivity contribution in [1.29, 1.82) is 0 Å². The molecule has 0 saturated heterocycles. The second-order valence-corrected chi connectivity index (χ2v) is 4.27. The van der Waals surface area contributed by atoms with Crippen LogP contribution in [0.2, 0.25) is 0 Å². The average molecular weight is 235 g/mol. The number of rotatable bonds is 7. The van der Waals surface area contributed by atoms with E-state index in [9.17, 15) is 0 Å². The van der Waals surface area contributed by atoms with Crippen LogP contribution in [-0.4, -0.2) is 26.4 Å². The van der Waals surface area contributed by atoms with Gasteiger partial charge in [-0.15, -0.1) is 0 Å². The zero-order chi connectivity index (χ0) is 11.9. The van der Waals surface area contributed by atoms with Crippen molar-refractivity contribution in [2.45, 2.75) is 26.3 Å². The molecule has 3 nitrogen and oxygen atoms in total. The summed E-state index contributed by atoms with van der Waals surface area (Å²) in [5.41, 5.74) is 2.68. The van der Waals surface area contributed by atoms with Crippen molar-refractivity contribution < 1.29 is 9.47 Å². The molecule has 0 unspecified atom stereocenters. The Hall–Kier alpha value is -1.06. The first-order valence-electron chi connectivity index (χ1n) is 6.43. The van der Waals surface area contributed by atoms with Crippen LogP contribution in [0.5, 0.6) is 5.75 Å². The number of ether oxygens (including phenoxy) is 2. The number of hydrogen-bond donors (Lipinski definition) is 1. The van der Waals surface area contributed by atoms with Gasteiger partial charge in [0.15, 0.2) is 0 Å². The van der Waals surface area contributed by atoms with Gasteiger partial charge in [-0.2, -0.15) is 0 Å². The van der Waals surface area contributed by atoms with E-state index >= 15 is 0 Å². The highest BCUT2D eigenvalue weighted by atomic mass is 16.5. The van der Waals surface area contributed by atoms with Gasteiger partial charge in [0.1, 0.15) is 5.75 Å². The SMILES string of the molecule is CCOCCCNCc1ccc2c(c1)CCO2. The molecular weight excluding hydrogens is 214 g/mol. The van der Waals surface area contributed by atoms with E-state index in [1.807, 2.05) is 6.92 Å². The van der Waals surface area contributed by atoms with Crippen LogP contribution in [0.25, 0.3) is 0 Å². The molecule has 0 amide bonds. The summed E-state index contributed by atoms with van der Waals surface area (Å²) in [6.07, 6.45) is 2.12. The molecule has 2 rings (SSSR count). The van der Waals surface area contributed by atoms with Crippen LogP contribution in [0.4, 0.5) is 0 Å². The molecule has 0 saturated carbocycles. The largest absolute Gasteiger partial charge is 0.493 e. The Labute approximate surface area is 103 Å². The molecular formula is C14H21NO2. The van der Waals surface area contributed by atoms with Crippen molar-refractivity contribution in [1.82, 2.24) is 5.32 Å². The molecule has 1 aliphatic heterocycles. The molecule has 3 heteroatoms. The van der Waals surface area contributed by atoms with Crippen molar-refractivity contribution in [2.75, 3.05) is 26.4 Å². The molecule has 1 aromatic carbocycles. The minimum Gasteiger partial charge on any atom is -0.493 e. The van der Waals surface area contributed by atoms with Crippen LogP contribution in [0.15, 0.2) is 18.2 Å². The van der Waals surface area contributed by atoms with E-state index in [1.165, 1.54) is 11.1 Å². The minimum atomic E-state index is 0.810.